The molecule has 1 atom stereocenters. The van der Waals surface area contributed by atoms with Gasteiger partial charge in [-0.05, 0) is 19.4 Å². The number of hydrogen-bond acceptors (Lipinski definition) is 3. The lowest BCUT2D eigenvalue weighted by Crippen LogP contribution is -2.28. The molecule has 0 radical (unpaired) electrons. The molecule has 1 unspecified atom stereocenters. The lowest BCUT2D eigenvalue weighted by molar-refractivity contribution is -0.145. The fourth-order valence-electron chi connectivity index (χ4n) is 1.73. The van der Waals surface area contributed by atoms with E-state index in [0.29, 0.717) is 6.61 Å². The van der Waals surface area contributed by atoms with Crippen LogP contribution in [0, 0.1) is 5.41 Å². The summed E-state index contributed by atoms with van der Waals surface area (Å²) in [6.07, 6.45) is 1.88. The van der Waals surface area contributed by atoms with E-state index in [-0.39, 0.29) is 23.8 Å². The van der Waals surface area contributed by atoms with E-state index >= 15 is 0 Å². The number of carbonyl (C=O) groups is 1. The molecule has 2 aliphatic rings. The van der Waals surface area contributed by atoms with E-state index in [9.17, 15) is 4.79 Å². The van der Waals surface area contributed by atoms with Gasteiger partial charge in [0.1, 0.15) is 0 Å². The van der Waals surface area contributed by atoms with Crippen molar-refractivity contribution in [3.8, 4) is 0 Å². The number of cyclic esters (lactones) is 1. The fraction of sp³-hybridized carbons (Fsp3) is 0.857. The zero-order valence-corrected chi connectivity index (χ0v) is 7.08. The zero-order chi connectivity index (χ0) is 7.03. The van der Waals surface area contributed by atoms with E-state index in [2.05, 4.69) is 5.32 Å². The van der Waals surface area contributed by atoms with Crippen LogP contribution in [-0.4, -0.2) is 25.7 Å². The highest BCUT2D eigenvalue weighted by atomic mass is 35.5. The maximum absolute atomic E-state index is 11.1. The van der Waals surface area contributed by atoms with Gasteiger partial charge < -0.3 is 10.1 Å². The van der Waals surface area contributed by atoms with Crippen molar-refractivity contribution < 1.29 is 9.53 Å². The van der Waals surface area contributed by atoms with Gasteiger partial charge in [0.25, 0.3) is 0 Å². The van der Waals surface area contributed by atoms with Crippen LogP contribution in [0.2, 0.25) is 0 Å². The molecular formula is C7H12ClNO2. The molecular weight excluding hydrogens is 166 g/mol. The number of hydrogen-bond donors (Lipinski definition) is 1. The molecule has 1 N–H and O–H groups in total. The van der Waals surface area contributed by atoms with E-state index in [1.54, 1.807) is 0 Å². The number of rotatable bonds is 0. The summed E-state index contributed by atoms with van der Waals surface area (Å²) >= 11 is 0. The highest BCUT2D eigenvalue weighted by Gasteiger charge is 2.46. The summed E-state index contributed by atoms with van der Waals surface area (Å²) in [5.41, 5.74) is -0.125. The Morgan fingerprint density at radius 3 is 2.73 bits per heavy atom. The Labute approximate surface area is 71.9 Å². The number of halogens is 1. The lowest BCUT2D eigenvalue weighted by Gasteiger charge is -2.14. The fourth-order valence-corrected chi connectivity index (χ4v) is 1.73. The average Bonchev–Trinajstić information content (AvgIpc) is 2.48. The minimum absolute atomic E-state index is 0. The van der Waals surface area contributed by atoms with Crippen LogP contribution >= 0.6 is 12.4 Å². The Kier molecular flexibility index (Phi) is 2.40. The van der Waals surface area contributed by atoms with Gasteiger partial charge in [-0.25, -0.2) is 0 Å². The third kappa shape index (κ3) is 1.23. The molecule has 2 rings (SSSR count). The number of ether oxygens (including phenoxy) is 1. The molecule has 0 bridgehead atoms. The molecule has 64 valence electrons. The maximum atomic E-state index is 11.1. The van der Waals surface area contributed by atoms with Gasteiger partial charge in [-0.15, -0.1) is 12.4 Å². The van der Waals surface area contributed by atoms with E-state index in [1.807, 2.05) is 0 Å². The Hall–Kier alpha value is -0.280. The Bertz CT molecular complexity index is 160. The summed E-state index contributed by atoms with van der Waals surface area (Å²) in [6.45, 7) is 2.42. The molecule has 2 fully saturated rings. The third-order valence-corrected chi connectivity index (χ3v) is 2.49. The van der Waals surface area contributed by atoms with Crippen molar-refractivity contribution in [1.29, 1.82) is 0 Å². The van der Waals surface area contributed by atoms with Crippen molar-refractivity contribution in [2.75, 3.05) is 19.7 Å². The van der Waals surface area contributed by atoms with E-state index < -0.39 is 0 Å². The van der Waals surface area contributed by atoms with Crippen LogP contribution in [0.5, 0.6) is 0 Å². The van der Waals surface area contributed by atoms with Crippen LogP contribution in [0.3, 0.4) is 0 Å². The van der Waals surface area contributed by atoms with Gasteiger partial charge in [-0.1, -0.05) is 0 Å². The minimum atomic E-state index is -0.125. The van der Waals surface area contributed by atoms with Crippen molar-refractivity contribution >= 4 is 18.4 Å². The first-order valence-corrected chi connectivity index (χ1v) is 3.71. The molecule has 0 aromatic rings. The summed E-state index contributed by atoms with van der Waals surface area (Å²) in [4.78, 5) is 11.1. The molecule has 2 saturated heterocycles. The molecule has 3 nitrogen and oxygen atoms in total. The molecule has 2 aliphatic heterocycles. The quantitative estimate of drug-likeness (QED) is 0.543. The van der Waals surface area contributed by atoms with Gasteiger partial charge in [0.15, 0.2) is 0 Å². The SMILES string of the molecule is Cl.O=C1OCCC12CCNC2. The van der Waals surface area contributed by atoms with E-state index in [0.717, 1.165) is 25.9 Å². The molecule has 0 aromatic carbocycles. The van der Waals surface area contributed by atoms with E-state index in [1.165, 1.54) is 0 Å². The van der Waals surface area contributed by atoms with Crippen LogP contribution in [0.25, 0.3) is 0 Å². The molecule has 11 heavy (non-hydrogen) atoms. The molecule has 1 spiro atoms. The summed E-state index contributed by atoms with van der Waals surface area (Å²) in [7, 11) is 0. The van der Waals surface area contributed by atoms with Crippen LogP contribution in [0.4, 0.5) is 0 Å². The molecule has 0 aromatic heterocycles. The van der Waals surface area contributed by atoms with Crippen LogP contribution in [-0.2, 0) is 9.53 Å². The smallest absolute Gasteiger partial charge is 0.313 e. The third-order valence-electron chi connectivity index (χ3n) is 2.49. The van der Waals surface area contributed by atoms with Crippen LogP contribution in [0.15, 0.2) is 0 Å². The molecule has 4 heteroatoms. The highest BCUT2D eigenvalue weighted by Crippen LogP contribution is 2.35. The molecule has 0 amide bonds. The molecule has 0 aliphatic carbocycles. The first-order chi connectivity index (χ1) is 4.83. The maximum Gasteiger partial charge on any atom is 0.313 e. The van der Waals surface area contributed by atoms with E-state index in [4.69, 9.17) is 4.74 Å². The minimum Gasteiger partial charge on any atom is -0.465 e. The van der Waals surface area contributed by atoms with Gasteiger partial charge in [-0.3, -0.25) is 4.79 Å². The summed E-state index contributed by atoms with van der Waals surface area (Å²) in [5, 5.41) is 3.18. The zero-order valence-electron chi connectivity index (χ0n) is 6.26. The number of carbonyl (C=O) groups excluding carboxylic acids is 1. The summed E-state index contributed by atoms with van der Waals surface area (Å²) in [5.74, 6) is 0.0116. The molecule has 2 heterocycles. The van der Waals surface area contributed by atoms with Crippen molar-refractivity contribution in [2.45, 2.75) is 12.8 Å². The molecule has 0 saturated carbocycles. The second-order valence-corrected chi connectivity index (χ2v) is 3.09. The second-order valence-electron chi connectivity index (χ2n) is 3.09. The lowest BCUT2D eigenvalue weighted by atomic mass is 9.86. The summed E-state index contributed by atoms with van der Waals surface area (Å²) in [6, 6.07) is 0. The number of esters is 1. The van der Waals surface area contributed by atoms with Crippen molar-refractivity contribution in [3.63, 3.8) is 0 Å². The first-order valence-electron chi connectivity index (χ1n) is 3.71. The Morgan fingerprint density at radius 1 is 1.45 bits per heavy atom. The van der Waals surface area contributed by atoms with Gasteiger partial charge in [-0.2, -0.15) is 0 Å². The Morgan fingerprint density at radius 2 is 2.27 bits per heavy atom. The van der Waals surface area contributed by atoms with Gasteiger partial charge >= 0.3 is 5.97 Å². The van der Waals surface area contributed by atoms with Crippen molar-refractivity contribution in [3.05, 3.63) is 0 Å². The summed E-state index contributed by atoms with van der Waals surface area (Å²) < 4.78 is 4.91. The average molecular weight is 178 g/mol. The highest BCUT2D eigenvalue weighted by molar-refractivity contribution is 5.85. The first kappa shape index (κ1) is 8.81. The van der Waals surface area contributed by atoms with Gasteiger partial charge in [0, 0.05) is 6.54 Å². The standard InChI is InChI=1S/C7H11NO2.ClH/c9-6-7(2-4-10-6)1-3-8-5-7;/h8H,1-5H2;1H. The van der Waals surface area contributed by atoms with Gasteiger partial charge in [0.2, 0.25) is 0 Å². The predicted octanol–water partition coefficient (Wildman–Crippen LogP) is 0.335. The number of nitrogens with one attached hydrogen (secondary N) is 1. The van der Waals surface area contributed by atoms with Crippen LogP contribution < -0.4 is 5.32 Å². The topological polar surface area (TPSA) is 38.3 Å². The van der Waals surface area contributed by atoms with Crippen molar-refractivity contribution in [2.24, 2.45) is 5.41 Å². The van der Waals surface area contributed by atoms with Crippen LogP contribution in [0.1, 0.15) is 12.8 Å². The normalized spacial score (nSPS) is 35.5. The monoisotopic (exact) mass is 177 g/mol. The largest absolute Gasteiger partial charge is 0.465 e. The predicted molar refractivity (Wildman–Crippen MR) is 42.7 cm³/mol. The Balaban J connectivity index is 0.000000605. The van der Waals surface area contributed by atoms with Gasteiger partial charge in [0.05, 0.1) is 12.0 Å². The second kappa shape index (κ2) is 2.99. The van der Waals surface area contributed by atoms with Crippen molar-refractivity contribution in [1.82, 2.24) is 5.32 Å².